The van der Waals surface area contributed by atoms with E-state index in [0.29, 0.717) is 35.9 Å². The van der Waals surface area contributed by atoms with Crippen LogP contribution < -0.4 is 14.8 Å². The normalized spacial score (nSPS) is 16.6. The molecule has 8 heteroatoms. The number of nitrogens with one attached hydrogen (secondary N) is 1. The number of nitrogens with zero attached hydrogens (tertiary/aromatic N) is 1. The van der Waals surface area contributed by atoms with Crippen molar-refractivity contribution in [3.05, 3.63) is 54.1 Å². The molecule has 150 valence electrons. The monoisotopic (exact) mass is 404 g/mol. The van der Waals surface area contributed by atoms with Crippen LogP contribution in [-0.4, -0.2) is 51.9 Å². The Morgan fingerprint density at radius 2 is 1.82 bits per heavy atom. The van der Waals surface area contributed by atoms with E-state index in [-0.39, 0.29) is 12.6 Å². The fourth-order valence-electron chi connectivity index (χ4n) is 3.25. The van der Waals surface area contributed by atoms with Gasteiger partial charge in [0, 0.05) is 19.6 Å². The summed E-state index contributed by atoms with van der Waals surface area (Å²) < 4.78 is 35.9. The van der Waals surface area contributed by atoms with Gasteiger partial charge in [-0.3, -0.25) is 0 Å². The van der Waals surface area contributed by atoms with Crippen molar-refractivity contribution >= 4 is 15.9 Å². The van der Waals surface area contributed by atoms with Crippen LogP contribution in [0.3, 0.4) is 0 Å². The Kier molecular flexibility index (Phi) is 6.08. The number of carbonyl (C=O) groups is 1. The minimum atomic E-state index is -3.44. The van der Waals surface area contributed by atoms with Crippen LogP contribution in [-0.2, 0) is 16.4 Å². The van der Waals surface area contributed by atoms with Gasteiger partial charge >= 0.3 is 6.03 Å². The second-order valence-electron chi connectivity index (χ2n) is 6.56. The van der Waals surface area contributed by atoms with E-state index in [0.717, 1.165) is 5.56 Å². The summed E-state index contributed by atoms with van der Waals surface area (Å²) in [5.74, 6) is 1.20. The third-order valence-electron chi connectivity index (χ3n) is 4.83. The lowest BCUT2D eigenvalue weighted by Crippen LogP contribution is -2.39. The number of rotatable bonds is 6. The van der Waals surface area contributed by atoms with Crippen LogP contribution in [0.1, 0.15) is 12.0 Å². The number of urea groups is 1. The average molecular weight is 404 g/mol. The Labute approximate surface area is 165 Å². The van der Waals surface area contributed by atoms with Crippen LogP contribution in [0.5, 0.6) is 11.5 Å². The van der Waals surface area contributed by atoms with Crippen molar-refractivity contribution in [3.63, 3.8) is 0 Å². The largest absolute Gasteiger partial charge is 0.493 e. The molecule has 1 atom stereocenters. The summed E-state index contributed by atoms with van der Waals surface area (Å²) in [6.45, 7) is 0.912. The minimum absolute atomic E-state index is 0.189. The molecule has 2 amide bonds. The molecule has 2 aromatic carbocycles. The molecule has 0 bridgehead atoms. The molecule has 1 fully saturated rings. The highest BCUT2D eigenvalue weighted by molar-refractivity contribution is 7.92. The molecule has 1 N–H and O–H groups in total. The highest BCUT2D eigenvalue weighted by atomic mass is 32.2. The fraction of sp³-hybridized carbons (Fsp3) is 0.350. The van der Waals surface area contributed by atoms with Crippen LogP contribution in [0.4, 0.5) is 4.79 Å². The Balaban J connectivity index is 1.59. The number of amides is 2. The van der Waals surface area contributed by atoms with Crippen molar-refractivity contribution in [2.45, 2.75) is 23.1 Å². The molecular weight excluding hydrogens is 380 g/mol. The fourth-order valence-corrected chi connectivity index (χ4v) is 4.96. The molecule has 0 radical (unpaired) electrons. The molecule has 7 nitrogen and oxygen atoms in total. The first-order valence-corrected chi connectivity index (χ1v) is 10.5. The molecule has 1 aliphatic rings. The molecule has 0 spiro atoms. The summed E-state index contributed by atoms with van der Waals surface area (Å²) in [4.78, 5) is 14.3. The maximum atomic E-state index is 12.7. The van der Waals surface area contributed by atoms with E-state index >= 15 is 0 Å². The molecule has 3 rings (SSSR count). The number of likely N-dealkylation sites (tertiary alicyclic amines) is 1. The summed E-state index contributed by atoms with van der Waals surface area (Å²) in [5, 5.41) is 2.26. The summed E-state index contributed by atoms with van der Waals surface area (Å²) in [5.41, 5.74) is 0.860. The van der Waals surface area contributed by atoms with E-state index in [2.05, 4.69) is 5.32 Å². The van der Waals surface area contributed by atoms with E-state index < -0.39 is 15.1 Å². The first kappa shape index (κ1) is 20.0. The van der Waals surface area contributed by atoms with Gasteiger partial charge < -0.3 is 19.7 Å². The molecule has 0 unspecified atom stereocenters. The molecule has 2 aromatic rings. The van der Waals surface area contributed by atoms with Crippen LogP contribution in [0.15, 0.2) is 53.4 Å². The lowest BCUT2D eigenvalue weighted by molar-refractivity contribution is 0.208. The summed E-state index contributed by atoms with van der Waals surface area (Å²) in [7, 11) is -0.326. The Morgan fingerprint density at radius 3 is 2.50 bits per heavy atom. The van der Waals surface area contributed by atoms with Gasteiger partial charge in [0.25, 0.3) is 0 Å². The van der Waals surface area contributed by atoms with Gasteiger partial charge in [-0.05, 0) is 36.2 Å². The second kappa shape index (κ2) is 8.52. The minimum Gasteiger partial charge on any atom is -0.493 e. The lowest BCUT2D eigenvalue weighted by Gasteiger charge is -2.18. The van der Waals surface area contributed by atoms with Gasteiger partial charge in [0.05, 0.1) is 24.4 Å². The van der Waals surface area contributed by atoms with Crippen molar-refractivity contribution in [3.8, 4) is 11.5 Å². The molecule has 28 heavy (non-hydrogen) atoms. The Morgan fingerprint density at radius 1 is 1.11 bits per heavy atom. The van der Waals surface area contributed by atoms with Crippen molar-refractivity contribution < 1.29 is 22.7 Å². The molecule has 0 aliphatic carbocycles. The van der Waals surface area contributed by atoms with E-state index in [1.54, 1.807) is 61.6 Å². The molecular formula is C20H24N2O5S. The maximum Gasteiger partial charge on any atom is 0.317 e. The highest BCUT2D eigenvalue weighted by Crippen LogP contribution is 2.27. The molecule has 0 aromatic heterocycles. The van der Waals surface area contributed by atoms with E-state index in [1.807, 2.05) is 6.07 Å². The Bertz CT molecular complexity index is 931. The lowest BCUT2D eigenvalue weighted by atomic mass is 10.2. The highest BCUT2D eigenvalue weighted by Gasteiger charge is 2.36. The van der Waals surface area contributed by atoms with Gasteiger partial charge in [-0.15, -0.1) is 0 Å². The van der Waals surface area contributed by atoms with Crippen LogP contribution in [0.25, 0.3) is 0 Å². The second-order valence-corrected chi connectivity index (χ2v) is 8.79. The van der Waals surface area contributed by atoms with Gasteiger partial charge in [0.1, 0.15) is 0 Å². The molecule has 1 saturated heterocycles. The first-order chi connectivity index (χ1) is 13.5. The van der Waals surface area contributed by atoms with Crippen LogP contribution in [0.2, 0.25) is 0 Å². The molecule has 1 aliphatic heterocycles. The zero-order chi connectivity index (χ0) is 20.1. The van der Waals surface area contributed by atoms with E-state index in [9.17, 15) is 13.2 Å². The topological polar surface area (TPSA) is 84.9 Å². The maximum absolute atomic E-state index is 12.7. The number of benzene rings is 2. The predicted octanol–water partition coefficient (Wildman–Crippen LogP) is 2.46. The van der Waals surface area contributed by atoms with Gasteiger partial charge in [-0.25, -0.2) is 13.2 Å². The zero-order valence-corrected chi connectivity index (χ0v) is 16.7. The number of sulfone groups is 1. The number of methoxy groups -OCH3 is 2. The third-order valence-corrected chi connectivity index (χ3v) is 7.03. The average Bonchev–Trinajstić information content (AvgIpc) is 3.23. The van der Waals surface area contributed by atoms with Crippen molar-refractivity contribution in [1.29, 1.82) is 0 Å². The summed E-state index contributed by atoms with van der Waals surface area (Å²) in [6.07, 6.45) is 0.432. The number of ether oxygens (including phenoxy) is 2. The zero-order valence-electron chi connectivity index (χ0n) is 15.9. The quantitative estimate of drug-likeness (QED) is 0.799. The number of carbonyl (C=O) groups excluding carboxylic acids is 1. The van der Waals surface area contributed by atoms with Gasteiger partial charge in [-0.2, -0.15) is 0 Å². The van der Waals surface area contributed by atoms with Crippen molar-refractivity contribution in [1.82, 2.24) is 10.2 Å². The third kappa shape index (κ3) is 4.22. The van der Waals surface area contributed by atoms with Crippen molar-refractivity contribution in [2.75, 3.05) is 27.3 Å². The van der Waals surface area contributed by atoms with E-state index in [4.69, 9.17) is 9.47 Å². The van der Waals surface area contributed by atoms with Crippen molar-refractivity contribution in [2.24, 2.45) is 0 Å². The smallest absolute Gasteiger partial charge is 0.317 e. The molecule has 0 saturated carbocycles. The number of hydrogen-bond acceptors (Lipinski definition) is 5. The SMILES string of the molecule is COc1ccc(CNC(=O)N2CC[C@@H](S(=O)(=O)c3ccccc3)C2)cc1OC. The van der Waals surface area contributed by atoms with Crippen LogP contribution in [0, 0.1) is 0 Å². The van der Waals surface area contributed by atoms with Gasteiger partial charge in [-0.1, -0.05) is 24.3 Å². The van der Waals surface area contributed by atoms with Gasteiger partial charge in [0.15, 0.2) is 21.3 Å². The number of hydrogen-bond donors (Lipinski definition) is 1. The Hall–Kier alpha value is -2.74. The predicted molar refractivity (Wildman–Crippen MR) is 105 cm³/mol. The summed E-state index contributed by atoms with van der Waals surface area (Å²) in [6, 6.07) is 13.5. The standard InChI is InChI=1S/C20H24N2O5S/c1-26-18-9-8-15(12-19(18)27-2)13-21-20(23)22-11-10-17(14-22)28(24,25)16-6-4-3-5-7-16/h3-9,12,17H,10-11,13-14H2,1-2H3,(H,21,23)/t17-/m1/s1. The molecule has 1 heterocycles. The van der Waals surface area contributed by atoms with Crippen LogP contribution >= 0.6 is 0 Å². The first-order valence-electron chi connectivity index (χ1n) is 8.98. The van der Waals surface area contributed by atoms with E-state index in [1.165, 1.54) is 0 Å². The van der Waals surface area contributed by atoms with Gasteiger partial charge in [0.2, 0.25) is 0 Å². The summed E-state index contributed by atoms with van der Waals surface area (Å²) >= 11 is 0.